The Kier molecular flexibility index (Phi) is 7.78. The van der Waals surface area contributed by atoms with Crippen molar-refractivity contribution >= 4 is 51.5 Å². The molecule has 0 fully saturated rings. The molecular weight excluding hydrogens is 328 g/mol. The molecule has 0 aromatic heterocycles. The van der Waals surface area contributed by atoms with E-state index in [0.29, 0.717) is 27.0 Å². The summed E-state index contributed by atoms with van der Waals surface area (Å²) in [4.78, 5) is 11.4. The summed E-state index contributed by atoms with van der Waals surface area (Å²) in [5.74, 6) is 0.356. The van der Waals surface area contributed by atoms with Crippen LogP contribution in [0.1, 0.15) is 25.8 Å². The molecule has 0 bridgehead atoms. The fourth-order valence-electron chi connectivity index (χ4n) is 1.41. The molecule has 1 aromatic rings. The van der Waals surface area contributed by atoms with Gasteiger partial charge in [0.15, 0.2) is 0 Å². The molecule has 0 spiro atoms. The van der Waals surface area contributed by atoms with Gasteiger partial charge in [0.2, 0.25) is 0 Å². The van der Waals surface area contributed by atoms with Gasteiger partial charge in [-0.05, 0) is 38.1 Å². The fourth-order valence-corrected chi connectivity index (χ4v) is 2.57. The number of esters is 1. The molecule has 1 aromatic carbocycles. The maximum absolute atomic E-state index is 11.4. The highest BCUT2D eigenvalue weighted by molar-refractivity contribution is 8.23. The largest absolute Gasteiger partial charge is 0.507 e. The van der Waals surface area contributed by atoms with Crippen LogP contribution in [0.15, 0.2) is 30.3 Å². The molecule has 3 nitrogen and oxygen atoms in total. The first kappa shape index (κ1) is 18.0. The van der Waals surface area contributed by atoms with Gasteiger partial charge in [0, 0.05) is 22.4 Å². The molecule has 0 aliphatic rings. The lowest BCUT2D eigenvalue weighted by Crippen LogP contribution is -2.12. The Bertz CT molecular complexity index is 524. The molecule has 0 heterocycles. The van der Waals surface area contributed by atoms with E-state index in [9.17, 15) is 9.90 Å². The van der Waals surface area contributed by atoms with E-state index in [1.807, 2.05) is 13.8 Å². The summed E-state index contributed by atoms with van der Waals surface area (Å²) in [5.41, 5.74) is 0.640. The molecule has 6 heteroatoms. The van der Waals surface area contributed by atoms with Gasteiger partial charge >= 0.3 is 5.97 Å². The van der Waals surface area contributed by atoms with Crippen LogP contribution in [0.4, 0.5) is 0 Å². The summed E-state index contributed by atoms with van der Waals surface area (Å²) in [6.07, 6.45) is 1.68. The van der Waals surface area contributed by atoms with Crippen molar-refractivity contribution in [3.8, 4) is 0 Å². The summed E-state index contributed by atoms with van der Waals surface area (Å²) in [6.45, 7) is 3.62. The summed E-state index contributed by atoms with van der Waals surface area (Å²) in [6, 6.07) is 6.81. The number of carbonyl (C=O) groups is 1. The van der Waals surface area contributed by atoms with Gasteiger partial charge in [0.1, 0.15) is 5.76 Å². The number of thioether (sulfide) groups is 1. The normalized spacial score (nSPS) is 11.5. The van der Waals surface area contributed by atoms with Crippen LogP contribution in [-0.2, 0) is 9.53 Å². The second-order valence-corrected chi connectivity index (χ2v) is 6.76. The highest BCUT2D eigenvalue weighted by Gasteiger charge is 2.07. The van der Waals surface area contributed by atoms with Crippen LogP contribution >= 0.6 is 35.6 Å². The fraction of sp³-hybridized carbons (Fsp3) is 0.333. The lowest BCUT2D eigenvalue weighted by molar-refractivity contribution is -0.146. The molecule has 114 valence electrons. The van der Waals surface area contributed by atoms with Crippen molar-refractivity contribution in [3.05, 3.63) is 40.9 Å². The molecule has 0 amide bonds. The topological polar surface area (TPSA) is 46.5 Å². The standard InChI is InChI=1S/C15H17ClO3S2/c1-10(2)19-14(18)7-8-21-15(20)9-13(17)11-3-5-12(16)6-4-11/h3-6,9-10,17H,7-8H2,1-2H3/b13-9-. The zero-order chi connectivity index (χ0) is 15.8. The van der Waals surface area contributed by atoms with Crippen molar-refractivity contribution < 1.29 is 14.6 Å². The minimum Gasteiger partial charge on any atom is -0.507 e. The first-order valence-corrected chi connectivity index (χ1v) is 8.18. The first-order valence-electron chi connectivity index (χ1n) is 6.41. The molecular formula is C15H17ClO3S2. The van der Waals surface area contributed by atoms with Crippen LogP contribution in [0.5, 0.6) is 0 Å². The lowest BCUT2D eigenvalue weighted by atomic mass is 10.2. The zero-order valence-corrected chi connectivity index (χ0v) is 14.2. The summed E-state index contributed by atoms with van der Waals surface area (Å²) in [5, 5.41) is 10.5. The third-order valence-electron chi connectivity index (χ3n) is 2.31. The molecule has 0 aliphatic heterocycles. The number of carbonyl (C=O) groups excluding carboxylic acids is 1. The minimum absolute atomic E-state index is 0.0777. The number of thiocarbonyl (C=S) groups is 1. The molecule has 0 saturated carbocycles. The van der Waals surface area contributed by atoms with Crippen LogP contribution < -0.4 is 0 Å². The predicted octanol–water partition coefficient (Wildman–Crippen LogP) is 4.64. The summed E-state index contributed by atoms with van der Waals surface area (Å²) < 4.78 is 5.53. The Morgan fingerprint density at radius 1 is 1.43 bits per heavy atom. The molecule has 21 heavy (non-hydrogen) atoms. The smallest absolute Gasteiger partial charge is 0.306 e. The predicted molar refractivity (Wildman–Crippen MR) is 93.0 cm³/mol. The highest BCUT2D eigenvalue weighted by atomic mass is 35.5. The lowest BCUT2D eigenvalue weighted by Gasteiger charge is -2.07. The summed E-state index contributed by atoms with van der Waals surface area (Å²) >= 11 is 12.3. The van der Waals surface area contributed by atoms with Crippen molar-refractivity contribution in [2.45, 2.75) is 26.4 Å². The van der Waals surface area contributed by atoms with Gasteiger partial charge in [-0.2, -0.15) is 0 Å². The van der Waals surface area contributed by atoms with E-state index in [4.69, 9.17) is 28.6 Å². The van der Waals surface area contributed by atoms with E-state index in [1.165, 1.54) is 17.8 Å². The van der Waals surface area contributed by atoms with E-state index in [-0.39, 0.29) is 17.8 Å². The molecule has 0 aliphatic carbocycles. The number of benzene rings is 1. The molecule has 0 radical (unpaired) electrons. The number of hydrogen-bond acceptors (Lipinski definition) is 5. The maximum atomic E-state index is 11.4. The third-order valence-corrected chi connectivity index (χ3v) is 3.85. The minimum atomic E-state index is -0.244. The van der Waals surface area contributed by atoms with Crippen molar-refractivity contribution in [2.75, 3.05) is 5.75 Å². The number of aliphatic hydroxyl groups is 1. The van der Waals surface area contributed by atoms with Crippen molar-refractivity contribution in [3.63, 3.8) is 0 Å². The van der Waals surface area contributed by atoms with E-state index in [0.717, 1.165) is 0 Å². The Morgan fingerprint density at radius 2 is 2.05 bits per heavy atom. The van der Waals surface area contributed by atoms with Gasteiger partial charge in [-0.25, -0.2) is 0 Å². The van der Waals surface area contributed by atoms with Crippen LogP contribution in [0.2, 0.25) is 5.02 Å². The SMILES string of the molecule is CC(C)OC(=O)CCSC(=S)/C=C(\O)c1ccc(Cl)cc1. The van der Waals surface area contributed by atoms with Gasteiger partial charge in [-0.1, -0.05) is 23.8 Å². The molecule has 1 rings (SSSR count). The van der Waals surface area contributed by atoms with E-state index in [2.05, 4.69) is 0 Å². The quantitative estimate of drug-likeness (QED) is 0.352. The van der Waals surface area contributed by atoms with Crippen molar-refractivity contribution in [2.24, 2.45) is 0 Å². The maximum Gasteiger partial charge on any atom is 0.306 e. The molecule has 0 saturated heterocycles. The Hall–Kier alpha value is -1.04. The summed E-state index contributed by atoms with van der Waals surface area (Å²) in [7, 11) is 0. The number of halogens is 1. The number of rotatable bonds is 6. The van der Waals surface area contributed by atoms with Gasteiger partial charge in [-0.15, -0.1) is 11.8 Å². The number of hydrogen-bond donors (Lipinski definition) is 1. The van der Waals surface area contributed by atoms with Gasteiger partial charge in [0.05, 0.1) is 16.7 Å². The second-order valence-electron chi connectivity index (χ2n) is 4.49. The van der Waals surface area contributed by atoms with Crippen LogP contribution in [0.25, 0.3) is 5.76 Å². The highest BCUT2D eigenvalue weighted by Crippen LogP contribution is 2.18. The van der Waals surface area contributed by atoms with E-state index in [1.54, 1.807) is 24.3 Å². The first-order chi connectivity index (χ1) is 9.88. The average molecular weight is 345 g/mol. The average Bonchev–Trinajstić information content (AvgIpc) is 2.38. The van der Waals surface area contributed by atoms with Crippen molar-refractivity contribution in [1.29, 1.82) is 0 Å². The molecule has 1 N–H and O–H groups in total. The number of ether oxygens (including phenoxy) is 1. The second kappa shape index (κ2) is 9.07. The van der Waals surface area contributed by atoms with E-state index >= 15 is 0 Å². The Balaban J connectivity index is 2.43. The van der Waals surface area contributed by atoms with Crippen LogP contribution in [0.3, 0.4) is 0 Å². The van der Waals surface area contributed by atoms with Crippen LogP contribution in [0, 0.1) is 0 Å². The molecule has 0 atom stereocenters. The van der Waals surface area contributed by atoms with E-state index < -0.39 is 0 Å². The third kappa shape index (κ3) is 7.50. The van der Waals surface area contributed by atoms with Gasteiger partial charge in [-0.3, -0.25) is 4.79 Å². The number of aliphatic hydroxyl groups excluding tert-OH is 1. The van der Waals surface area contributed by atoms with Crippen LogP contribution in [-0.4, -0.2) is 27.1 Å². The monoisotopic (exact) mass is 344 g/mol. The van der Waals surface area contributed by atoms with Gasteiger partial charge in [0.25, 0.3) is 0 Å². The van der Waals surface area contributed by atoms with Crippen molar-refractivity contribution in [1.82, 2.24) is 0 Å². The molecule has 0 unspecified atom stereocenters. The Morgan fingerprint density at radius 3 is 2.62 bits per heavy atom. The Labute approximate surface area is 139 Å². The zero-order valence-electron chi connectivity index (χ0n) is 11.8. The van der Waals surface area contributed by atoms with Gasteiger partial charge < -0.3 is 9.84 Å².